The molecule has 52 heavy (non-hydrogen) atoms. The molecule has 7 aromatic carbocycles. The summed E-state index contributed by atoms with van der Waals surface area (Å²) in [5.74, 6) is 1.77. The van der Waals surface area contributed by atoms with Crippen molar-refractivity contribution in [2.24, 2.45) is 0 Å². The van der Waals surface area contributed by atoms with Gasteiger partial charge in [0.25, 0.3) is 0 Å². The van der Waals surface area contributed by atoms with E-state index in [1.54, 1.807) is 0 Å². The Morgan fingerprint density at radius 2 is 1.08 bits per heavy atom. The van der Waals surface area contributed by atoms with Gasteiger partial charge in [0.15, 0.2) is 17.5 Å². The number of fused-ring (bicyclic) bond motifs is 7. The maximum Gasteiger partial charge on any atom is 0.164 e. The molecule has 0 N–H and O–H groups in total. The van der Waals surface area contributed by atoms with Crippen molar-refractivity contribution in [1.29, 1.82) is 5.26 Å². The summed E-state index contributed by atoms with van der Waals surface area (Å²) >= 11 is 0. The molecule has 0 aliphatic rings. The number of hydrogen-bond donors (Lipinski definition) is 0. The predicted molar refractivity (Wildman–Crippen MR) is 208 cm³/mol. The second-order valence-corrected chi connectivity index (χ2v) is 12.7. The van der Waals surface area contributed by atoms with E-state index in [0.717, 1.165) is 77.2 Å². The highest BCUT2D eigenvalue weighted by Gasteiger charge is 2.22. The zero-order valence-electron chi connectivity index (χ0n) is 27.7. The van der Waals surface area contributed by atoms with Crippen LogP contribution in [0.3, 0.4) is 0 Å². The summed E-state index contributed by atoms with van der Waals surface area (Å²) in [6.07, 6.45) is 0. The first-order valence-electron chi connectivity index (χ1n) is 17.1. The minimum absolute atomic E-state index is 0.569. The van der Waals surface area contributed by atoms with Crippen molar-refractivity contribution < 1.29 is 4.42 Å². The Morgan fingerprint density at radius 3 is 1.77 bits per heavy atom. The topological polar surface area (TPSA) is 80.5 Å². The molecule has 0 amide bonds. The van der Waals surface area contributed by atoms with Gasteiger partial charge in [-0.2, -0.15) is 5.26 Å². The third-order valence-electron chi connectivity index (χ3n) is 9.69. The van der Waals surface area contributed by atoms with E-state index in [2.05, 4.69) is 77.4 Å². The van der Waals surface area contributed by atoms with Gasteiger partial charge in [-0.15, -0.1) is 0 Å². The smallest absolute Gasteiger partial charge is 0.164 e. The molecule has 0 aliphatic heterocycles. The van der Waals surface area contributed by atoms with Gasteiger partial charge >= 0.3 is 0 Å². The molecule has 0 bridgehead atoms. The molecule has 242 valence electrons. The van der Waals surface area contributed by atoms with E-state index in [-0.39, 0.29) is 0 Å². The van der Waals surface area contributed by atoms with Gasteiger partial charge < -0.3 is 8.98 Å². The maximum absolute atomic E-state index is 9.65. The molecular formula is C46H27N5O. The predicted octanol–water partition coefficient (Wildman–Crippen LogP) is 11.4. The first kappa shape index (κ1) is 29.5. The van der Waals surface area contributed by atoms with E-state index in [0.29, 0.717) is 23.0 Å². The van der Waals surface area contributed by atoms with Gasteiger partial charge in [0.2, 0.25) is 0 Å². The molecule has 10 aromatic rings. The van der Waals surface area contributed by atoms with Gasteiger partial charge in [0.1, 0.15) is 11.2 Å². The highest BCUT2D eigenvalue weighted by Crippen LogP contribution is 2.43. The van der Waals surface area contributed by atoms with E-state index in [4.69, 9.17) is 19.4 Å². The van der Waals surface area contributed by atoms with Crippen LogP contribution in [0.4, 0.5) is 0 Å². The summed E-state index contributed by atoms with van der Waals surface area (Å²) in [5.41, 5.74) is 10.0. The van der Waals surface area contributed by atoms with Crippen molar-refractivity contribution in [1.82, 2.24) is 19.5 Å². The van der Waals surface area contributed by atoms with Crippen LogP contribution in [-0.4, -0.2) is 19.5 Å². The number of benzene rings is 7. The molecule has 0 fully saturated rings. The van der Waals surface area contributed by atoms with Crippen LogP contribution in [0, 0.1) is 11.3 Å². The first-order valence-corrected chi connectivity index (χ1v) is 17.1. The summed E-state index contributed by atoms with van der Waals surface area (Å²) < 4.78 is 8.75. The molecule has 3 aromatic heterocycles. The zero-order valence-corrected chi connectivity index (χ0v) is 27.7. The largest absolute Gasteiger partial charge is 0.456 e. The number of hydrogen-bond acceptors (Lipinski definition) is 5. The van der Waals surface area contributed by atoms with E-state index >= 15 is 0 Å². The van der Waals surface area contributed by atoms with Crippen LogP contribution in [-0.2, 0) is 0 Å². The summed E-state index contributed by atoms with van der Waals surface area (Å²) in [4.78, 5) is 15.0. The minimum atomic E-state index is 0.569. The molecular weight excluding hydrogens is 639 g/mol. The van der Waals surface area contributed by atoms with Crippen LogP contribution in [0.2, 0.25) is 0 Å². The molecule has 0 unspecified atom stereocenters. The Kier molecular flexibility index (Phi) is 6.76. The lowest BCUT2D eigenvalue weighted by atomic mass is 9.98. The Balaban J connectivity index is 1.28. The molecule has 0 saturated carbocycles. The number of nitriles is 1. The van der Waals surface area contributed by atoms with E-state index in [1.807, 2.05) is 97.1 Å². The van der Waals surface area contributed by atoms with Crippen LogP contribution < -0.4 is 0 Å². The average Bonchev–Trinajstić information content (AvgIpc) is 3.77. The normalized spacial score (nSPS) is 11.4. The molecule has 0 radical (unpaired) electrons. The van der Waals surface area contributed by atoms with Crippen molar-refractivity contribution in [3.05, 3.63) is 169 Å². The SMILES string of the molecule is N#Cc1ccc(-c2cc(-c3nc(-c4ccccc4)nc(-c4ccccc4)n3)ccc2-n2c3ccccc3c3ccc4oc5ccccc5c4c32)cc1. The molecule has 0 saturated heterocycles. The number of nitrogens with zero attached hydrogens (tertiary/aromatic N) is 5. The van der Waals surface area contributed by atoms with Gasteiger partial charge in [0, 0.05) is 38.4 Å². The Morgan fingerprint density at radius 1 is 0.481 bits per heavy atom. The van der Waals surface area contributed by atoms with Crippen LogP contribution in [0.15, 0.2) is 168 Å². The van der Waals surface area contributed by atoms with Crippen molar-refractivity contribution in [2.75, 3.05) is 0 Å². The number of furan rings is 1. The van der Waals surface area contributed by atoms with Crippen LogP contribution >= 0.6 is 0 Å². The van der Waals surface area contributed by atoms with Crippen LogP contribution in [0.5, 0.6) is 0 Å². The number of rotatable bonds is 5. The van der Waals surface area contributed by atoms with Crippen LogP contribution in [0.25, 0.3) is 94.7 Å². The van der Waals surface area contributed by atoms with E-state index < -0.39 is 0 Å². The Bertz CT molecular complexity index is 2950. The second kappa shape index (κ2) is 11.9. The monoisotopic (exact) mass is 665 g/mol. The molecule has 6 heteroatoms. The highest BCUT2D eigenvalue weighted by molar-refractivity contribution is 6.24. The fraction of sp³-hybridized carbons (Fsp3) is 0. The fourth-order valence-electron chi connectivity index (χ4n) is 7.28. The van der Waals surface area contributed by atoms with Gasteiger partial charge in [-0.3, -0.25) is 0 Å². The Labute approximate surface area is 298 Å². The minimum Gasteiger partial charge on any atom is -0.456 e. The highest BCUT2D eigenvalue weighted by atomic mass is 16.3. The van der Waals surface area contributed by atoms with Gasteiger partial charge in [-0.1, -0.05) is 109 Å². The third-order valence-corrected chi connectivity index (χ3v) is 9.69. The summed E-state index contributed by atoms with van der Waals surface area (Å²) in [6, 6.07) is 57.4. The lowest BCUT2D eigenvalue weighted by Crippen LogP contribution is -2.02. The zero-order chi connectivity index (χ0) is 34.6. The van der Waals surface area contributed by atoms with Crippen molar-refractivity contribution in [2.45, 2.75) is 0 Å². The van der Waals surface area contributed by atoms with Crippen LogP contribution in [0.1, 0.15) is 5.56 Å². The molecule has 0 atom stereocenters. The van der Waals surface area contributed by atoms with Gasteiger partial charge in [0.05, 0.1) is 33.7 Å². The lowest BCUT2D eigenvalue weighted by Gasteiger charge is -2.16. The van der Waals surface area contributed by atoms with E-state index in [9.17, 15) is 5.26 Å². The summed E-state index contributed by atoms with van der Waals surface area (Å²) in [7, 11) is 0. The Hall–Kier alpha value is -7.36. The second-order valence-electron chi connectivity index (χ2n) is 12.7. The standard InChI is InChI=1S/C46H27N5O/c47-28-29-19-21-30(22-20-29)37-27-33(46-49-44(31-11-3-1-4-12-31)48-45(50-46)32-13-5-2-6-14-32)23-25-39(37)51-38-17-9-7-15-34(38)35-24-26-41-42(43(35)51)36-16-8-10-18-40(36)52-41/h1-27H. The van der Waals surface area contributed by atoms with Crippen molar-refractivity contribution in [3.63, 3.8) is 0 Å². The number of para-hydroxylation sites is 2. The molecule has 10 rings (SSSR count). The summed E-state index contributed by atoms with van der Waals surface area (Å²) in [5, 5.41) is 14.1. The average molecular weight is 666 g/mol. The molecule has 0 aliphatic carbocycles. The molecule has 0 spiro atoms. The lowest BCUT2D eigenvalue weighted by molar-refractivity contribution is 0.669. The number of aromatic nitrogens is 4. The fourth-order valence-corrected chi connectivity index (χ4v) is 7.28. The first-order chi connectivity index (χ1) is 25.7. The summed E-state index contributed by atoms with van der Waals surface area (Å²) in [6.45, 7) is 0. The van der Waals surface area contributed by atoms with Gasteiger partial charge in [-0.25, -0.2) is 15.0 Å². The van der Waals surface area contributed by atoms with Crippen molar-refractivity contribution in [3.8, 4) is 57.0 Å². The van der Waals surface area contributed by atoms with E-state index in [1.165, 1.54) is 0 Å². The molecule has 3 heterocycles. The van der Waals surface area contributed by atoms with Crippen molar-refractivity contribution >= 4 is 43.7 Å². The van der Waals surface area contributed by atoms with Gasteiger partial charge in [-0.05, 0) is 60.2 Å². The maximum atomic E-state index is 9.65. The third kappa shape index (κ3) is 4.76. The quantitative estimate of drug-likeness (QED) is 0.183. The molecule has 6 nitrogen and oxygen atoms in total.